The Hall–Kier alpha value is -1.38. The van der Waals surface area contributed by atoms with Gasteiger partial charge in [0.15, 0.2) is 0 Å². The molecule has 5 heteroatoms. The van der Waals surface area contributed by atoms with Crippen molar-refractivity contribution in [2.45, 2.75) is 30.0 Å². The topological polar surface area (TPSA) is 38.5 Å². The van der Waals surface area contributed by atoms with Crippen molar-refractivity contribution < 1.29 is 8.42 Å². The predicted molar refractivity (Wildman–Crippen MR) is 84.8 cm³/mol. The molecule has 0 saturated carbocycles. The van der Waals surface area contributed by atoms with Crippen molar-refractivity contribution in [1.29, 1.82) is 0 Å². The van der Waals surface area contributed by atoms with Crippen LogP contribution in [-0.2, 0) is 9.84 Å². The Morgan fingerprint density at radius 2 is 1.95 bits per heavy atom. The number of halogens is 1. The van der Waals surface area contributed by atoms with Gasteiger partial charge in [-0.15, -0.1) is 0 Å². The molecule has 1 unspecified atom stereocenters. The van der Waals surface area contributed by atoms with E-state index in [1.54, 1.807) is 30.3 Å². The maximum atomic E-state index is 12.6. The van der Waals surface area contributed by atoms with E-state index < -0.39 is 15.2 Å². The van der Waals surface area contributed by atoms with Crippen molar-refractivity contribution in [3.63, 3.8) is 0 Å². The van der Waals surface area contributed by atoms with Crippen LogP contribution >= 0.6 is 15.9 Å². The van der Waals surface area contributed by atoms with E-state index >= 15 is 0 Å². The highest BCUT2D eigenvalue weighted by Crippen LogP contribution is 2.30. The zero-order valence-electron chi connectivity index (χ0n) is 11.1. The molecule has 2 rings (SSSR count). The van der Waals surface area contributed by atoms with Crippen LogP contribution in [0.1, 0.15) is 18.4 Å². The van der Waals surface area contributed by atoms with Gasteiger partial charge in [0.2, 0.25) is 0 Å². The fourth-order valence-corrected chi connectivity index (χ4v) is 4.01. The average Bonchev–Trinajstić information content (AvgIpc) is 2.40. The lowest BCUT2D eigenvalue weighted by atomic mass is 10.1. The molecule has 0 fully saturated rings. The van der Waals surface area contributed by atoms with E-state index in [0.29, 0.717) is 5.57 Å². The van der Waals surface area contributed by atoms with Crippen molar-refractivity contribution >= 4 is 25.8 Å². The summed E-state index contributed by atoms with van der Waals surface area (Å²) in [4.78, 5) is 3.83. The van der Waals surface area contributed by atoms with E-state index in [4.69, 9.17) is 6.57 Å². The van der Waals surface area contributed by atoms with Gasteiger partial charge in [-0.1, -0.05) is 44.5 Å². The van der Waals surface area contributed by atoms with Crippen LogP contribution < -0.4 is 0 Å². The quantitative estimate of drug-likeness (QED) is 0.822. The summed E-state index contributed by atoms with van der Waals surface area (Å²) in [7, 11) is -3.62. The minimum Gasteiger partial charge on any atom is -0.215 e. The van der Waals surface area contributed by atoms with E-state index in [0.717, 1.165) is 22.9 Å². The van der Waals surface area contributed by atoms with Gasteiger partial charge in [0.1, 0.15) is 0 Å². The van der Waals surface area contributed by atoms with Crippen LogP contribution in [-0.4, -0.2) is 13.8 Å². The maximum Gasteiger partial charge on any atom is 0.397 e. The fraction of sp³-hybridized carbons (Fsp3) is 0.267. The highest BCUT2D eigenvalue weighted by atomic mass is 79.9. The van der Waals surface area contributed by atoms with Crippen LogP contribution in [0, 0.1) is 13.5 Å². The van der Waals surface area contributed by atoms with E-state index in [1.807, 2.05) is 13.0 Å². The van der Waals surface area contributed by atoms with Crippen LogP contribution in [0.4, 0.5) is 0 Å². The van der Waals surface area contributed by atoms with Gasteiger partial charge in [0.25, 0.3) is 16.4 Å². The number of hydrogen-bond acceptors (Lipinski definition) is 2. The smallest absolute Gasteiger partial charge is 0.215 e. The number of rotatable bonds is 3. The first-order valence-corrected chi connectivity index (χ1v) is 8.56. The Morgan fingerprint density at radius 3 is 2.50 bits per heavy atom. The molecule has 1 atom stereocenters. The minimum absolute atomic E-state index is 0.235. The van der Waals surface area contributed by atoms with Gasteiger partial charge < -0.3 is 0 Å². The number of aryl methyl sites for hydroxylation is 1. The Labute approximate surface area is 127 Å². The maximum absolute atomic E-state index is 12.6. The molecular weight excluding hydrogens is 338 g/mol. The molecule has 0 aliphatic heterocycles. The predicted octanol–water partition coefficient (Wildman–Crippen LogP) is 4.06. The number of sulfone groups is 1. The van der Waals surface area contributed by atoms with Gasteiger partial charge in [0.05, 0.1) is 10.5 Å². The number of allylic oxidation sites excluding steroid dienone is 2. The summed E-state index contributed by atoms with van der Waals surface area (Å²) in [6.07, 6.45) is 5.31. The number of hydrogen-bond donors (Lipinski definition) is 0. The van der Waals surface area contributed by atoms with E-state index in [-0.39, 0.29) is 4.90 Å². The third-order valence-electron chi connectivity index (χ3n) is 3.15. The molecule has 1 aromatic carbocycles. The molecule has 0 bridgehead atoms. The van der Waals surface area contributed by atoms with Crippen LogP contribution in [0.5, 0.6) is 0 Å². The van der Waals surface area contributed by atoms with Crippen LogP contribution in [0.25, 0.3) is 4.85 Å². The number of nitrogens with zero attached hydrogens (tertiary/aromatic N) is 1. The standard InChI is InChI=1S/C15H15BrNO2S/c1-11-6-8-14(9-7-11)20(18,19)15(17-2)12-4-3-5-13(16)10-12/h2,4,6-10,15H,3,5H2,1H3/q+1. The van der Waals surface area contributed by atoms with Gasteiger partial charge in [-0.2, -0.15) is 0 Å². The summed E-state index contributed by atoms with van der Waals surface area (Å²) < 4.78 is 26.2. The second-order valence-electron chi connectivity index (χ2n) is 4.69. The van der Waals surface area contributed by atoms with Gasteiger partial charge in [-0.3, -0.25) is 0 Å². The molecule has 0 N–H and O–H groups in total. The molecular formula is C15H15BrNO2S+. The molecule has 0 spiro atoms. The lowest BCUT2D eigenvalue weighted by molar-refractivity contribution is 0.593. The molecule has 0 heterocycles. The zero-order chi connectivity index (χ0) is 14.8. The van der Waals surface area contributed by atoms with E-state index in [2.05, 4.69) is 20.8 Å². The lowest BCUT2D eigenvalue weighted by Gasteiger charge is -2.10. The first-order valence-electron chi connectivity index (χ1n) is 6.22. The van der Waals surface area contributed by atoms with Crippen molar-refractivity contribution in [2.24, 2.45) is 0 Å². The Bertz CT molecular complexity index is 709. The second-order valence-corrected chi connectivity index (χ2v) is 7.72. The average molecular weight is 353 g/mol. The second kappa shape index (κ2) is 5.94. The summed E-state index contributed by atoms with van der Waals surface area (Å²) in [6.45, 7) is 7.27. The van der Waals surface area contributed by atoms with Crippen molar-refractivity contribution in [3.8, 4) is 6.57 Å². The van der Waals surface area contributed by atoms with Crippen molar-refractivity contribution in [2.75, 3.05) is 0 Å². The van der Waals surface area contributed by atoms with E-state index in [1.165, 1.54) is 0 Å². The minimum atomic E-state index is -3.62. The monoisotopic (exact) mass is 352 g/mol. The fourth-order valence-electron chi connectivity index (χ4n) is 2.06. The largest absolute Gasteiger partial charge is 0.397 e. The summed E-state index contributed by atoms with van der Waals surface area (Å²) in [5.74, 6) is 0. The molecule has 0 radical (unpaired) electrons. The highest BCUT2D eigenvalue weighted by Gasteiger charge is 2.38. The summed E-state index contributed by atoms with van der Waals surface area (Å²) >= 11 is 3.40. The van der Waals surface area contributed by atoms with Crippen LogP contribution in [0.2, 0.25) is 0 Å². The molecule has 1 aliphatic carbocycles. The molecule has 3 nitrogen and oxygen atoms in total. The molecule has 1 aliphatic rings. The van der Waals surface area contributed by atoms with Crippen molar-refractivity contribution in [1.82, 2.24) is 0 Å². The molecule has 1 aromatic rings. The summed E-state index contributed by atoms with van der Waals surface area (Å²) in [6, 6.07) is 6.71. The normalized spacial score (nSPS) is 16.9. The van der Waals surface area contributed by atoms with Crippen LogP contribution in [0.15, 0.2) is 51.4 Å². The first-order chi connectivity index (χ1) is 9.45. The Balaban J connectivity index is 2.44. The molecule has 0 aromatic heterocycles. The zero-order valence-corrected chi connectivity index (χ0v) is 13.5. The molecule has 104 valence electrons. The van der Waals surface area contributed by atoms with Gasteiger partial charge >= 0.3 is 5.37 Å². The number of benzene rings is 1. The highest BCUT2D eigenvalue weighted by molar-refractivity contribution is 9.11. The van der Waals surface area contributed by atoms with E-state index in [9.17, 15) is 8.42 Å². The first kappa shape index (κ1) is 15.0. The SMILES string of the molecule is C#[N+]C(C1=CCCC(Br)=C1)S(=O)(=O)c1ccc(C)cc1. The lowest BCUT2D eigenvalue weighted by Crippen LogP contribution is -2.20. The van der Waals surface area contributed by atoms with Gasteiger partial charge in [0, 0.05) is 0 Å². The molecule has 0 saturated heterocycles. The van der Waals surface area contributed by atoms with Gasteiger partial charge in [-0.05, 0) is 42.5 Å². The molecule has 20 heavy (non-hydrogen) atoms. The Morgan fingerprint density at radius 1 is 1.30 bits per heavy atom. The van der Waals surface area contributed by atoms with Gasteiger partial charge in [-0.25, -0.2) is 8.42 Å². The summed E-state index contributed by atoms with van der Waals surface area (Å²) in [5.41, 5.74) is 1.62. The van der Waals surface area contributed by atoms with Crippen LogP contribution in [0.3, 0.4) is 0 Å². The van der Waals surface area contributed by atoms with Crippen molar-refractivity contribution in [3.05, 3.63) is 56.9 Å². The molecule has 0 amide bonds. The third kappa shape index (κ3) is 3.02. The third-order valence-corrected chi connectivity index (χ3v) is 5.69. The Kier molecular flexibility index (Phi) is 4.46. The summed E-state index contributed by atoms with van der Waals surface area (Å²) in [5, 5.41) is -1.06.